The number of amides is 1. The van der Waals surface area contributed by atoms with E-state index >= 15 is 0 Å². The highest BCUT2D eigenvalue weighted by molar-refractivity contribution is 7.91. The third-order valence-corrected chi connectivity index (χ3v) is 6.23. The Balaban J connectivity index is 2.19. The number of methoxy groups -OCH3 is 1. The maximum atomic E-state index is 12.7. The van der Waals surface area contributed by atoms with Crippen LogP contribution >= 0.6 is 0 Å². The average Bonchev–Trinajstić information content (AvgIpc) is 2.94. The van der Waals surface area contributed by atoms with E-state index < -0.39 is 27.6 Å². The molecule has 0 radical (unpaired) electrons. The Morgan fingerprint density at radius 3 is 2.41 bits per heavy atom. The molecule has 1 saturated heterocycles. The fraction of sp³-hybridized carbons (Fsp3) is 0.500. The Kier molecular flexibility index (Phi) is 6.69. The van der Waals surface area contributed by atoms with E-state index in [1.807, 2.05) is 0 Å². The molecule has 2 rings (SSSR count). The van der Waals surface area contributed by atoms with Crippen molar-refractivity contribution in [1.29, 1.82) is 0 Å². The van der Waals surface area contributed by atoms with Gasteiger partial charge < -0.3 is 9.64 Å². The van der Waals surface area contributed by atoms with Crippen LogP contribution in [-0.2, 0) is 25.5 Å². The molecular weight excluding hydrogens is 383 g/mol. The molecule has 1 aromatic carbocycles. The lowest BCUT2D eigenvalue weighted by molar-refractivity contribution is -0.137. The zero-order valence-corrected chi connectivity index (χ0v) is 15.9. The number of alkyl halides is 3. The summed E-state index contributed by atoms with van der Waals surface area (Å²) < 4.78 is 66.4. The summed E-state index contributed by atoms with van der Waals surface area (Å²) in [7, 11) is -1.68. The quantitative estimate of drug-likeness (QED) is 0.683. The Hall–Kier alpha value is -1.87. The molecule has 1 heterocycles. The summed E-state index contributed by atoms with van der Waals surface area (Å²) >= 11 is 0. The number of hydrogen-bond acceptors (Lipinski definition) is 4. The average molecular weight is 405 g/mol. The van der Waals surface area contributed by atoms with Crippen LogP contribution in [0, 0.1) is 0 Å². The number of rotatable bonds is 6. The number of sulfone groups is 1. The van der Waals surface area contributed by atoms with Gasteiger partial charge in [-0.2, -0.15) is 13.2 Å². The summed E-state index contributed by atoms with van der Waals surface area (Å²) in [5, 5.41) is 0. The van der Waals surface area contributed by atoms with E-state index in [4.69, 9.17) is 4.74 Å². The van der Waals surface area contributed by atoms with Gasteiger partial charge in [-0.15, -0.1) is 0 Å². The first-order valence-electron chi connectivity index (χ1n) is 8.39. The molecule has 27 heavy (non-hydrogen) atoms. The van der Waals surface area contributed by atoms with Gasteiger partial charge in [-0.3, -0.25) is 4.79 Å². The second-order valence-electron chi connectivity index (χ2n) is 6.48. The van der Waals surface area contributed by atoms with Crippen molar-refractivity contribution in [3.8, 4) is 0 Å². The number of carbonyl (C=O) groups excluding carboxylic acids is 1. The van der Waals surface area contributed by atoms with Gasteiger partial charge in [0.15, 0.2) is 9.84 Å². The maximum absolute atomic E-state index is 12.7. The van der Waals surface area contributed by atoms with Crippen molar-refractivity contribution in [1.82, 2.24) is 4.90 Å². The van der Waals surface area contributed by atoms with Gasteiger partial charge in [-0.25, -0.2) is 8.42 Å². The minimum Gasteiger partial charge on any atom is -0.383 e. The van der Waals surface area contributed by atoms with Crippen LogP contribution in [0.2, 0.25) is 0 Å². The van der Waals surface area contributed by atoms with E-state index in [0.29, 0.717) is 17.6 Å². The molecule has 0 bridgehead atoms. The molecule has 5 nitrogen and oxygen atoms in total. The van der Waals surface area contributed by atoms with Gasteiger partial charge in [0.25, 0.3) is 0 Å². The predicted molar refractivity (Wildman–Crippen MR) is 95.7 cm³/mol. The maximum Gasteiger partial charge on any atom is 0.416 e. The van der Waals surface area contributed by atoms with E-state index in [1.165, 1.54) is 30.2 Å². The second-order valence-corrected chi connectivity index (χ2v) is 8.71. The first-order chi connectivity index (χ1) is 12.5. The van der Waals surface area contributed by atoms with E-state index in [-0.39, 0.29) is 30.6 Å². The second kappa shape index (κ2) is 8.43. The highest BCUT2D eigenvalue weighted by Gasteiger charge is 2.34. The molecule has 1 aliphatic rings. The Morgan fingerprint density at radius 1 is 1.30 bits per heavy atom. The zero-order valence-electron chi connectivity index (χ0n) is 15.1. The van der Waals surface area contributed by atoms with Crippen LogP contribution in [-0.4, -0.2) is 57.0 Å². The summed E-state index contributed by atoms with van der Waals surface area (Å²) in [6.45, 7) is 2.13. The van der Waals surface area contributed by atoms with Gasteiger partial charge in [0.2, 0.25) is 5.91 Å². The van der Waals surface area contributed by atoms with Crippen molar-refractivity contribution in [2.75, 3.05) is 31.8 Å². The Labute approximate surface area is 156 Å². The normalized spacial score (nSPS) is 19.9. The number of nitrogens with zero attached hydrogens (tertiary/aromatic N) is 1. The molecule has 1 atom stereocenters. The third-order valence-electron chi connectivity index (χ3n) is 4.48. The van der Waals surface area contributed by atoms with E-state index in [1.54, 1.807) is 6.92 Å². The molecule has 1 aromatic rings. The lowest BCUT2D eigenvalue weighted by Crippen LogP contribution is -2.42. The lowest BCUT2D eigenvalue weighted by atomic mass is 10.0. The molecule has 0 aromatic heterocycles. The molecule has 1 fully saturated rings. The Morgan fingerprint density at radius 2 is 1.93 bits per heavy atom. The van der Waals surface area contributed by atoms with Gasteiger partial charge in [0.05, 0.1) is 23.7 Å². The van der Waals surface area contributed by atoms with Gasteiger partial charge in [0.1, 0.15) is 0 Å². The largest absolute Gasteiger partial charge is 0.416 e. The number of carbonyl (C=O) groups is 1. The van der Waals surface area contributed by atoms with Crippen LogP contribution in [0.5, 0.6) is 0 Å². The van der Waals surface area contributed by atoms with Crippen LogP contribution in [0.3, 0.4) is 0 Å². The summed E-state index contributed by atoms with van der Waals surface area (Å²) in [4.78, 5) is 14.1. The highest BCUT2D eigenvalue weighted by Crippen LogP contribution is 2.30. The van der Waals surface area contributed by atoms with Gasteiger partial charge in [0, 0.05) is 25.8 Å². The molecule has 1 unspecified atom stereocenters. The molecule has 1 amide bonds. The van der Waals surface area contributed by atoms with Crippen molar-refractivity contribution in [3.05, 3.63) is 41.5 Å². The van der Waals surface area contributed by atoms with Crippen LogP contribution < -0.4 is 0 Å². The fourth-order valence-corrected chi connectivity index (χ4v) is 4.69. The number of halogens is 3. The van der Waals surface area contributed by atoms with Gasteiger partial charge >= 0.3 is 6.18 Å². The molecule has 9 heteroatoms. The highest BCUT2D eigenvalue weighted by atomic mass is 32.2. The Bertz CT molecular complexity index is 801. The topological polar surface area (TPSA) is 63.7 Å². The third kappa shape index (κ3) is 5.80. The van der Waals surface area contributed by atoms with Gasteiger partial charge in [-0.05, 0) is 36.6 Å². The summed E-state index contributed by atoms with van der Waals surface area (Å²) in [6, 6.07) is 4.12. The molecule has 0 N–H and O–H groups in total. The standard InChI is InChI=1S/C18H22F3NO4S/c1-13(14-3-5-15(6-4-14)18(19,20)21)11-17(23)22(8-9-26-2)16-7-10-27(24,25)12-16/h3-6,11,16H,7-10,12H2,1-2H3/b13-11-. The van der Waals surface area contributed by atoms with E-state index in [9.17, 15) is 26.4 Å². The summed E-state index contributed by atoms with van der Waals surface area (Å²) in [6.07, 6.45) is -2.73. The van der Waals surface area contributed by atoms with Crippen LogP contribution in [0.25, 0.3) is 5.57 Å². The van der Waals surface area contributed by atoms with Crippen molar-refractivity contribution in [3.63, 3.8) is 0 Å². The molecule has 1 aliphatic heterocycles. The molecular formula is C18H22F3NO4S. The summed E-state index contributed by atoms with van der Waals surface area (Å²) in [5.41, 5.74) is 0.224. The van der Waals surface area contributed by atoms with Crippen LogP contribution in [0.15, 0.2) is 30.3 Å². The SMILES string of the molecule is COCCN(C(=O)/C=C(/C)c1ccc(C(F)(F)F)cc1)C1CCS(=O)(=O)C1. The fourth-order valence-electron chi connectivity index (χ4n) is 2.96. The van der Waals surface area contributed by atoms with Crippen LogP contribution in [0.4, 0.5) is 13.2 Å². The molecule has 150 valence electrons. The zero-order chi connectivity index (χ0) is 20.2. The van der Waals surface area contributed by atoms with Crippen LogP contribution in [0.1, 0.15) is 24.5 Å². The smallest absolute Gasteiger partial charge is 0.383 e. The van der Waals surface area contributed by atoms with Crippen molar-refractivity contribution >= 4 is 21.3 Å². The first kappa shape index (κ1) is 21.4. The van der Waals surface area contributed by atoms with Crippen molar-refractivity contribution in [2.24, 2.45) is 0 Å². The number of benzene rings is 1. The minimum absolute atomic E-state index is 0.0377. The molecule has 0 saturated carbocycles. The van der Waals surface area contributed by atoms with Gasteiger partial charge in [-0.1, -0.05) is 12.1 Å². The number of ether oxygens (including phenoxy) is 1. The predicted octanol–water partition coefficient (Wildman–Crippen LogP) is 2.77. The monoisotopic (exact) mass is 405 g/mol. The minimum atomic E-state index is -4.42. The van der Waals surface area contributed by atoms with Crippen molar-refractivity contribution in [2.45, 2.75) is 25.6 Å². The summed E-state index contributed by atoms with van der Waals surface area (Å²) in [5.74, 6) is -0.433. The lowest BCUT2D eigenvalue weighted by Gasteiger charge is -2.27. The molecule has 0 aliphatic carbocycles. The van der Waals surface area contributed by atoms with E-state index in [2.05, 4.69) is 0 Å². The first-order valence-corrected chi connectivity index (χ1v) is 10.2. The van der Waals surface area contributed by atoms with E-state index in [0.717, 1.165) is 12.1 Å². The van der Waals surface area contributed by atoms with Crippen molar-refractivity contribution < 1.29 is 31.1 Å². The number of allylic oxidation sites excluding steroid dienone is 1. The molecule has 0 spiro atoms. The number of hydrogen-bond donors (Lipinski definition) is 0.